The third kappa shape index (κ3) is 4.82. The lowest BCUT2D eigenvalue weighted by Crippen LogP contribution is -2.52. The number of rotatable bonds is 6. The molecule has 1 aliphatic rings. The summed E-state index contributed by atoms with van der Waals surface area (Å²) in [4.78, 5) is 16.8. The molecule has 7 nitrogen and oxygen atoms in total. The minimum atomic E-state index is -0.553. The lowest BCUT2D eigenvalue weighted by atomic mass is 10.1. The molecule has 1 unspecified atom stereocenters. The largest absolute Gasteiger partial charge is 0.497 e. The predicted molar refractivity (Wildman–Crippen MR) is 124 cm³/mol. The minimum Gasteiger partial charge on any atom is -0.497 e. The summed E-state index contributed by atoms with van der Waals surface area (Å²) in [5, 5.41) is 8.86. The summed E-state index contributed by atoms with van der Waals surface area (Å²) in [6.07, 6.45) is -0.553. The number of carbonyl (C=O) groups excluding carboxylic acids is 1. The monoisotopic (exact) mass is 432 g/mol. The zero-order valence-electron chi connectivity index (χ0n) is 18.7. The maximum Gasteiger partial charge on any atom is 0.263 e. The van der Waals surface area contributed by atoms with E-state index < -0.39 is 6.10 Å². The standard InChI is InChI=1S/C25H28N4O3/c1-18-6-4-5-7-22(18)23-12-13-24(27-26-23)28-14-16-29(17-15-28)25(30)19(2)32-21-10-8-20(31-3)9-11-21/h4-13,19H,14-17H2,1-3H3. The smallest absolute Gasteiger partial charge is 0.263 e. The van der Waals surface area contributed by atoms with Gasteiger partial charge in [-0.25, -0.2) is 0 Å². The van der Waals surface area contributed by atoms with Gasteiger partial charge in [0.2, 0.25) is 0 Å². The van der Waals surface area contributed by atoms with E-state index in [0.29, 0.717) is 31.9 Å². The number of piperazine rings is 1. The topological polar surface area (TPSA) is 67.8 Å². The highest BCUT2D eigenvalue weighted by atomic mass is 16.5. The molecule has 166 valence electrons. The van der Waals surface area contributed by atoms with Crippen LogP contribution in [0.2, 0.25) is 0 Å². The van der Waals surface area contributed by atoms with Gasteiger partial charge in [-0.3, -0.25) is 4.79 Å². The van der Waals surface area contributed by atoms with Crippen molar-refractivity contribution in [2.24, 2.45) is 0 Å². The van der Waals surface area contributed by atoms with Crippen molar-refractivity contribution < 1.29 is 14.3 Å². The molecule has 32 heavy (non-hydrogen) atoms. The molecule has 0 saturated carbocycles. The van der Waals surface area contributed by atoms with E-state index in [2.05, 4.69) is 34.2 Å². The van der Waals surface area contributed by atoms with Gasteiger partial charge in [0.05, 0.1) is 12.8 Å². The van der Waals surface area contributed by atoms with Crippen LogP contribution in [0.1, 0.15) is 12.5 Å². The van der Waals surface area contributed by atoms with Gasteiger partial charge in [-0.05, 0) is 55.8 Å². The summed E-state index contributed by atoms with van der Waals surface area (Å²) in [6.45, 7) is 6.51. The van der Waals surface area contributed by atoms with Crippen LogP contribution in [-0.4, -0.2) is 60.4 Å². The van der Waals surface area contributed by atoms with Crippen molar-refractivity contribution in [3.63, 3.8) is 0 Å². The Morgan fingerprint density at radius 3 is 2.22 bits per heavy atom. The number of ether oxygens (including phenoxy) is 2. The molecule has 0 bridgehead atoms. The van der Waals surface area contributed by atoms with Crippen LogP contribution in [0.15, 0.2) is 60.7 Å². The highest BCUT2D eigenvalue weighted by molar-refractivity contribution is 5.81. The molecule has 0 aliphatic carbocycles. The molecule has 0 N–H and O–H groups in total. The van der Waals surface area contributed by atoms with Crippen LogP contribution in [0.3, 0.4) is 0 Å². The highest BCUT2D eigenvalue weighted by Crippen LogP contribution is 2.23. The van der Waals surface area contributed by atoms with Crippen molar-refractivity contribution >= 4 is 11.7 Å². The van der Waals surface area contributed by atoms with Crippen molar-refractivity contribution in [1.82, 2.24) is 15.1 Å². The number of carbonyl (C=O) groups is 1. The fourth-order valence-corrected chi connectivity index (χ4v) is 3.82. The second-order valence-electron chi connectivity index (χ2n) is 7.84. The Morgan fingerprint density at radius 1 is 0.906 bits per heavy atom. The van der Waals surface area contributed by atoms with Crippen molar-refractivity contribution in [2.45, 2.75) is 20.0 Å². The average molecular weight is 433 g/mol. The molecule has 2 heterocycles. The average Bonchev–Trinajstić information content (AvgIpc) is 2.84. The maximum atomic E-state index is 12.8. The Labute approximate surface area is 188 Å². The number of nitrogens with zero attached hydrogens (tertiary/aromatic N) is 4. The normalized spacial score (nSPS) is 14.7. The van der Waals surface area contributed by atoms with Crippen LogP contribution >= 0.6 is 0 Å². The van der Waals surface area contributed by atoms with Gasteiger partial charge in [-0.15, -0.1) is 10.2 Å². The number of anilines is 1. The summed E-state index contributed by atoms with van der Waals surface area (Å²) in [6, 6.07) is 19.4. The molecule has 3 aromatic rings. The Morgan fingerprint density at radius 2 is 1.59 bits per heavy atom. The molecule has 0 radical (unpaired) electrons. The van der Waals surface area contributed by atoms with Crippen LogP contribution < -0.4 is 14.4 Å². The third-order valence-electron chi connectivity index (χ3n) is 5.71. The number of benzene rings is 2. The fraction of sp³-hybridized carbons (Fsp3) is 0.320. The summed E-state index contributed by atoms with van der Waals surface area (Å²) < 4.78 is 11.0. The lowest BCUT2D eigenvalue weighted by Gasteiger charge is -2.36. The first-order valence-corrected chi connectivity index (χ1v) is 10.8. The molecule has 1 saturated heterocycles. The highest BCUT2D eigenvalue weighted by Gasteiger charge is 2.26. The molecule has 2 aromatic carbocycles. The van der Waals surface area contributed by atoms with Crippen LogP contribution in [-0.2, 0) is 4.79 Å². The van der Waals surface area contributed by atoms with Gasteiger partial charge < -0.3 is 19.3 Å². The van der Waals surface area contributed by atoms with Gasteiger partial charge in [0.1, 0.15) is 11.5 Å². The van der Waals surface area contributed by atoms with Gasteiger partial charge in [0.15, 0.2) is 11.9 Å². The van der Waals surface area contributed by atoms with Gasteiger partial charge >= 0.3 is 0 Å². The van der Waals surface area contributed by atoms with Gasteiger partial charge in [0.25, 0.3) is 5.91 Å². The van der Waals surface area contributed by atoms with Crippen LogP contribution in [0.5, 0.6) is 11.5 Å². The minimum absolute atomic E-state index is 0.0125. The first-order valence-electron chi connectivity index (χ1n) is 10.8. The predicted octanol–water partition coefficient (Wildman–Crippen LogP) is 3.58. The number of hydrogen-bond acceptors (Lipinski definition) is 6. The molecule has 7 heteroatoms. The van der Waals surface area contributed by atoms with Crippen LogP contribution in [0.25, 0.3) is 11.3 Å². The molecule has 1 fully saturated rings. The second kappa shape index (κ2) is 9.68. The van der Waals surface area contributed by atoms with Crippen LogP contribution in [0.4, 0.5) is 5.82 Å². The Bertz CT molecular complexity index is 1050. The van der Waals surface area contributed by atoms with Gasteiger partial charge in [0, 0.05) is 31.7 Å². The Kier molecular flexibility index (Phi) is 6.54. The molecule has 0 spiro atoms. The van der Waals surface area contributed by atoms with E-state index in [1.165, 1.54) is 5.56 Å². The summed E-state index contributed by atoms with van der Waals surface area (Å²) >= 11 is 0. The number of amides is 1. The lowest BCUT2D eigenvalue weighted by molar-refractivity contribution is -0.138. The zero-order valence-corrected chi connectivity index (χ0v) is 18.7. The number of aromatic nitrogens is 2. The Balaban J connectivity index is 1.32. The van der Waals surface area contributed by atoms with Crippen molar-refractivity contribution in [1.29, 1.82) is 0 Å². The fourth-order valence-electron chi connectivity index (χ4n) is 3.82. The first-order chi connectivity index (χ1) is 15.5. The second-order valence-corrected chi connectivity index (χ2v) is 7.84. The van der Waals surface area contributed by atoms with E-state index in [9.17, 15) is 4.79 Å². The molecule has 1 aliphatic heterocycles. The summed E-state index contributed by atoms with van der Waals surface area (Å²) in [5.41, 5.74) is 3.13. The van der Waals surface area contributed by atoms with Crippen molar-refractivity contribution in [3.05, 3.63) is 66.2 Å². The van der Waals surface area contributed by atoms with E-state index >= 15 is 0 Å². The maximum absolute atomic E-state index is 12.8. The molecule has 4 rings (SSSR count). The van der Waals surface area contributed by atoms with Gasteiger partial charge in [-0.2, -0.15) is 0 Å². The quantitative estimate of drug-likeness (QED) is 0.593. The van der Waals surface area contributed by atoms with Gasteiger partial charge in [-0.1, -0.05) is 24.3 Å². The van der Waals surface area contributed by atoms with E-state index in [1.54, 1.807) is 26.2 Å². The number of methoxy groups -OCH3 is 1. The van der Waals surface area contributed by atoms with E-state index in [-0.39, 0.29) is 5.91 Å². The first kappa shape index (κ1) is 21.6. The van der Waals surface area contributed by atoms with Crippen molar-refractivity contribution in [3.8, 4) is 22.8 Å². The number of hydrogen-bond donors (Lipinski definition) is 0. The van der Waals surface area contributed by atoms with E-state index in [4.69, 9.17) is 9.47 Å². The zero-order chi connectivity index (χ0) is 22.5. The summed E-state index contributed by atoms with van der Waals surface area (Å²) in [7, 11) is 1.62. The molecule has 1 aromatic heterocycles. The number of aryl methyl sites for hydroxylation is 1. The van der Waals surface area contributed by atoms with E-state index in [1.807, 2.05) is 41.3 Å². The van der Waals surface area contributed by atoms with Crippen molar-refractivity contribution in [2.75, 3.05) is 38.2 Å². The molecule has 1 atom stereocenters. The Hall–Kier alpha value is -3.61. The third-order valence-corrected chi connectivity index (χ3v) is 5.71. The molecular weight excluding hydrogens is 404 g/mol. The molecular formula is C25H28N4O3. The summed E-state index contributed by atoms with van der Waals surface area (Å²) in [5.74, 6) is 2.22. The molecule has 1 amide bonds. The van der Waals surface area contributed by atoms with Crippen LogP contribution in [0, 0.1) is 6.92 Å². The SMILES string of the molecule is COc1ccc(OC(C)C(=O)N2CCN(c3ccc(-c4ccccc4C)nn3)CC2)cc1. The van der Waals surface area contributed by atoms with E-state index in [0.717, 1.165) is 22.8 Å².